The zero-order valence-electron chi connectivity index (χ0n) is 13.0. The molecule has 0 aromatic heterocycles. The number of halogens is 2. The van der Waals surface area contributed by atoms with Crippen LogP contribution in [0, 0.1) is 0 Å². The second-order valence-electron chi connectivity index (χ2n) is 5.00. The third-order valence-corrected chi connectivity index (χ3v) is 6.00. The van der Waals surface area contributed by atoms with Gasteiger partial charge in [0.1, 0.15) is 4.83 Å². The van der Waals surface area contributed by atoms with E-state index in [1.165, 1.54) is 0 Å². The Labute approximate surface area is 157 Å². The van der Waals surface area contributed by atoms with Crippen molar-refractivity contribution in [3.8, 4) is 0 Å². The molecule has 0 radical (unpaired) electrons. The molecule has 6 heteroatoms. The summed E-state index contributed by atoms with van der Waals surface area (Å²) in [4.78, 5) is 23.4. The molecule has 0 fully saturated rings. The molecule has 0 spiro atoms. The van der Waals surface area contributed by atoms with Crippen LogP contribution in [-0.2, 0) is 9.53 Å². The van der Waals surface area contributed by atoms with E-state index < -0.39 is 4.83 Å². The molecule has 1 amide bonds. The van der Waals surface area contributed by atoms with Crippen molar-refractivity contribution in [1.29, 1.82) is 0 Å². The van der Waals surface area contributed by atoms with Crippen LogP contribution >= 0.6 is 31.9 Å². The quantitative estimate of drug-likeness (QED) is 0.508. The van der Waals surface area contributed by atoms with Gasteiger partial charge in [0.25, 0.3) is 0 Å². The van der Waals surface area contributed by atoms with Crippen molar-refractivity contribution in [2.75, 3.05) is 11.9 Å². The lowest BCUT2D eigenvalue weighted by molar-refractivity contribution is -0.115. The zero-order valence-corrected chi connectivity index (χ0v) is 16.2. The fraction of sp³-hybridized carbons (Fsp3) is 0.222. The van der Waals surface area contributed by atoms with Gasteiger partial charge in [0.05, 0.1) is 17.0 Å². The number of carbonyl (C=O) groups is 2. The number of anilines is 1. The number of benzene rings is 2. The first-order valence-electron chi connectivity index (χ1n) is 7.44. The molecule has 2 rings (SSSR count). The number of amides is 1. The van der Waals surface area contributed by atoms with Gasteiger partial charge in [0.2, 0.25) is 5.91 Å². The van der Waals surface area contributed by atoms with E-state index in [0.29, 0.717) is 17.9 Å². The predicted molar refractivity (Wildman–Crippen MR) is 102 cm³/mol. The van der Waals surface area contributed by atoms with Crippen molar-refractivity contribution >= 4 is 49.4 Å². The molecule has 0 aliphatic rings. The summed E-state index contributed by atoms with van der Waals surface area (Å²) in [6.45, 7) is 2.08. The summed E-state index contributed by atoms with van der Waals surface area (Å²) < 4.78 is 4.93. The summed E-state index contributed by atoms with van der Waals surface area (Å²) in [5.41, 5.74) is 2.07. The van der Waals surface area contributed by atoms with E-state index in [-0.39, 0.29) is 16.7 Å². The lowest BCUT2D eigenvalue weighted by Gasteiger charge is -2.17. The van der Waals surface area contributed by atoms with Crippen molar-refractivity contribution in [3.63, 3.8) is 0 Å². The van der Waals surface area contributed by atoms with Crippen LogP contribution in [0.4, 0.5) is 5.69 Å². The molecule has 0 heterocycles. The maximum atomic E-state index is 12.4. The first-order valence-corrected chi connectivity index (χ1v) is 9.27. The molecule has 0 saturated carbocycles. The molecule has 4 nitrogen and oxygen atoms in total. The number of alkyl halides is 2. The van der Waals surface area contributed by atoms with Crippen LogP contribution in [0.3, 0.4) is 0 Å². The second kappa shape index (κ2) is 8.99. The highest BCUT2D eigenvalue weighted by Crippen LogP contribution is 2.31. The van der Waals surface area contributed by atoms with E-state index in [9.17, 15) is 9.59 Å². The number of hydrogen-bond donors (Lipinski definition) is 1. The van der Waals surface area contributed by atoms with E-state index >= 15 is 0 Å². The lowest BCUT2D eigenvalue weighted by atomic mass is 10.1. The van der Waals surface area contributed by atoms with Gasteiger partial charge >= 0.3 is 5.97 Å². The van der Waals surface area contributed by atoms with Crippen molar-refractivity contribution in [1.82, 2.24) is 0 Å². The Morgan fingerprint density at radius 3 is 2.25 bits per heavy atom. The smallest absolute Gasteiger partial charge is 0.338 e. The fourth-order valence-corrected chi connectivity index (χ4v) is 3.02. The van der Waals surface area contributed by atoms with Gasteiger partial charge in [0, 0.05) is 5.69 Å². The maximum absolute atomic E-state index is 12.4. The monoisotopic (exact) mass is 453 g/mol. The molecule has 0 aliphatic heterocycles. The Balaban J connectivity index is 2.00. The highest BCUT2D eigenvalue weighted by molar-refractivity contribution is 9.12. The molecule has 24 heavy (non-hydrogen) atoms. The highest BCUT2D eigenvalue weighted by atomic mass is 79.9. The Hall–Kier alpha value is -1.66. The Morgan fingerprint density at radius 1 is 1.04 bits per heavy atom. The topological polar surface area (TPSA) is 55.4 Å². The van der Waals surface area contributed by atoms with Crippen LogP contribution in [0.25, 0.3) is 0 Å². The van der Waals surface area contributed by atoms with Gasteiger partial charge < -0.3 is 10.1 Å². The summed E-state index contributed by atoms with van der Waals surface area (Å²) >= 11 is 6.97. The molecule has 2 atom stereocenters. The minimum atomic E-state index is -0.440. The molecule has 0 bridgehead atoms. The largest absolute Gasteiger partial charge is 0.462 e. The summed E-state index contributed by atoms with van der Waals surface area (Å²) in [5.74, 6) is -0.553. The fourth-order valence-electron chi connectivity index (χ4n) is 2.05. The van der Waals surface area contributed by atoms with E-state index in [2.05, 4.69) is 37.2 Å². The van der Waals surface area contributed by atoms with Gasteiger partial charge in [-0.05, 0) is 36.8 Å². The van der Waals surface area contributed by atoms with Gasteiger partial charge in [-0.25, -0.2) is 4.79 Å². The van der Waals surface area contributed by atoms with Crippen molar-refractivity contribution in [2.45, 2.75) is 16.6 Å². The minimum Gasteiger partial charge on any atom is -0.462 e. The maximum Gasteiger partial charge on any atom is 0.338 e. The van der Waals surface area contributed by atoms with Gasteiger partial charge in [-0.3, -0.25) is 4.79 Å². The van der Waals surface area contributed by atoms with E-state index in [1.54, 1.807) is 31.2 Å². The first-order chi connectivity index (χ1) is 11.5. The number of esters is 1. The number of hydrogen-bond acceptors (Lipinski definition) is 3. The van der Waals surface area contributed by atoms with Gasteiger partial charge in [-0.15, -0.1) is 0 Å². The van der Waals surface area contributed by atoms with Crippen molar-refractivity contribution in [3.05, 3.63) is 65.7 Å². The predicted octanol–water partition coefficient (Wildman–Crippen LogP) is 4.70. The average Bonchev–Trinajstić information content (AvgIpc) is 2.62. The molecule has 0 saturated heterocycles. The number of nitrogens with one attached hydrogen (secondary N) is 1. The standard InChI is InChI=1S/C18H17Br2NO3/c1-2-24-18(23)13-8-10-14(11-9-13)21-17(22)16(20)15(19)12-6-4-3-5-7-12/h3-11,15-16H,2H2,1H3,(H,21,22)/t15-,16+/m0/s1. The molecule has 126 valence electrons. The van der Waals surface area contributed by atoms with Crippen LogP contribution in [0.5, 0.6) is 0 Å². The van der Waals surface area contributed by atoms with Gasteiger partial charge in [-0.2, -0.15) is 0 Å². The third kappa shape index (κ3) is 4.92. The number of carbonyl (C=O) groups excluding carboxylic acids is 2. The summed E-state index contributed by atoms with van der Waals surface area (Å²) in [6.07, 6.45) is 0. The minimum absolute atomic E-state index is 0.155. The third-order valence-electron chi connectivity index (χ3n) is 3.29. The number of ether oxygens (including phenoxy) is 1. The Morgan fingerprint density at radius 2 is 1.67 bits per heavy atom. The van der Waals surface area contributed by atoms with Gasteiger partial charge in [-0.1, -0.05) is 62.2 Å². The molecule has 2 aromatic carbocycles. The average molecular weight is 455 g/mol. The molecule has 0 aliphatic carbocycles. The van der Waals surface area contributed by atoms with Crippen LogP contribution in [0.15, 0.2) is 54.6 Å². The van der Waals surface area contributed by atoms with Gasteiger partial charge in [0.15, 0.2) is 0 Å². The summed E-state index contributed by atoms with van der Waals surface area (Å²) in [7, 11) is 0. The van der Waals surface area contributed by atoms with E-state index in [4.69, 9.17) is 4.74 Å². The van der Waals surface area contributed by atoms with E-state index in [0.717, 1.165) is 5.56 Å². The number of rotatable bonds is 6. The Kier molecular flexibility index (Phi) is 6.99. The van der Waals surface area contributed by atoms with E-state index in [1.807, 2.05) is 30.3 Å². The van der Waals surface area contributed by atoms with Crippen LogP contribution in [0.1, 0.15) is 27.7 Å². The molecule has 2 aromatic rings. The SMILES string of the molecule is CCOC(=O)c1ccc(NC(=O)[C@H](Br)[C@@H](Br)c2ccccc2)cc1. The summed E-state index contributed by atoms with van der Waals surface area (Å²) in [6, 6.07) is 16.3. The highest BCUT2D eigenvalue weighted by Gasteiger charge is 2.25. The molecule has 0 unspecified atom stereocenters. The molecule has 1 N–H and O–H groups in total. The van der Waals surface area contributed by atoms with Crippen molar-refractivity contribution in [2.24, 2.45) is 0 Å². The lowest BCUT2D eigenvalue weighted by Crippen LogP contribution is -2.26. The normalized spacial score (nSPS) is 13.0. The first kappa shape index (κ1) is 18.7. The van der Waals surface area contributed by atoms with Crippen LogP contribution < -0.4 is 5.32 Å². The molecular formula is C18H17Br2NO3. The van der Waals surface area contributed by atoms with Crippen LogP contribution in [0.2, 0.25) is 0 Å². The van der Waals surface area contributed by atoms with Crippen molar-refractivity contribution < 1.29 is 14.3 Å². The zero-order chi connectivity index (χ0) is 17.5. The Bertz CT molecular complexity index is 689. The molecular weight excluding hydrogens is 438 g/mol. The van der Waals surface area contributed by atoms with Crippen LogP contribution in [-0.4, -0.2) is 23.3 Å². The summed E-state index contributed by atoms with van der Waals surface area (Å²) in [5, 5.41) is 2.82. The second-order valence-corrected chi connectivity index (χ2v) is 6.97.